The lowest BCUT2D eigenvalue weighted by molar-refractivity contribution is -0.114. The molecule has 2 N–H and O–H groups in total. The van der Waals surface area contributed by atoms with Gasteiger partial charge < -0.3 is 5.32 Å². The van der Waals surface area contributed by atoms with Crippen molar-refractivity contribution in [2.24, 2.45) is 0 Å². The lowest BCUT2D eigenvalue weighted by Crippen LogP contribution is -2.14. The Kier molecular flexibility index (Phi) is 4.93. The summed E-state index contributed by atoms with van der Waals surface area (Å²) in [5, 5.41) is 10.3. The Bertz CT molecular complexity index is 1390. The number of carbonyl (C=O) groups excluding carboxylic acids is 2. The molecule has 2 aromatic carbocycles. The summed E-state index contributed by atoms with van der Waals surface area (Å²) in [5.74, 6) is -2.49. The largest absolute Gasteiger partial charge is 0.326 e. The summed E-state index contributed by atoms with van der Waals surface area (Å²) >= 11 is 1.28. The highest BCUT2D eigenvalue weighted by atomic mass is 32.1. The standard InChI is InChI=1S/C22H17F2N5O2S/c1-11(30)25-12-5-8-17-19(9-12)32-22(26-17)27-21(31)20-14-3-2-4-18(14)29(28-20)13-6-7-15(23)16(24)10-13/h5-10H,2-4H2,1H3,(H,25,30)(H,26,27,31). The maximum atomic E-state index is 13.7. The van der Waals surface area contributed by atoms with Gasteiger partial charge in [0.1, 0.15) is 0 Å². The third-order valence-electron chi connectivity index (χ3n) is 5.22. The van der Waals surface area contributed by atoms with E-state index in [1.54, 1.807) is 18.2 Å². The lowest BCUT2D eigenvalue weighted by Gasteiger charge is -2.06. The molecule has 2 amide bonds. The Morgan fingerprint density at radius 3 is 2.69 bits per heavy atom. The molecular formula is C22H17F2N5O2S. The fraction of sp³-hybridized carbons (Fsp3) is 0.182. The van der Waals surface area contributed by atoms with E-state index in [0.717, 1.165) is 34.5 Å². The minimum atomic E-state index is -0.969. The van der Waals surface area contributed by atoms with Crippen LogP contribution in [0.5, 0.6) is 0 Å². The van der Waals surface area contributed by atoms with Gasteiger partial charge in [-0.15, -0.1) is 0 Å². The van der Waals surface area contributed by atoms with Crippen LogP contribution in [-0.2, 0) is 17.6 Å². The number of aromatic nitrogens is 3. The molecule has 0 saturated heterocycles. The molecule has 162 valence electrons. The number of hydrogen-bond donors (Lipinski definition) is 2. The normalized spacial score (nSPS) is 12.7. The van der Waals surface area contributed by atoms with E-state index >= 15 is 0 Å². The van der Waals surface area contributed by atoms with Crippen LogP contribution in [0.1, 0.15) is 35.1 Å². The molecule has 10 heteroatoms. The minimum absolute atomic E-state index is 0.173. The Labute approximate surface area is 185 Å². The zero-order chi connectivity index (χ0) is 22.4. The van der Waals surface area contributed by atoms with E-state index in [4.69, 9.17) is 0 Å². The average Bonchev–Trinajstić information content (AvgIpc) is 3.44. The van der Waals surface area contributed by atoms with Gasteiger partial charge in [-0.3, -0.25) is 14.9 Å². The van der Waals surface area contributed by atoms with Gasteiger partial charge in [0.25, 0.3) is 5.91 Å². The number of benzene rings is 2. The van der Waals surface area contributed by atoms with Crippen LogP contribution in [0, 0.1) is 11.6 Å². The van der Waals surface area contributed by atoms with Crippen molar-refractivity contribution in [1.82, 2.24) is 14.8 Å². The maximum absolute atomic E-state index is 13.7. The highest BCUT2D eigenvalue weighted by Gasteiger charge is 2.27. The summed E-state index contributed by atoms with van der Waals surface area (Å²) < 4.78 is 29.4. The molecule has 0 fully saturated rings. The molecule has 0 spiro atoms. The Balaban J connectivity index is 1.45. The summed E-state index contributed by atoms with van der Waals surface area (Å²) in [6, 6.07) is 8.85. The number of carbonyl (C=O) groups is 2. The van der Waals surface area contributed by atoms with Gasteiger partial charge in [0.15, 0.2) is 22.5 Å². The molecule has 32 heavy (non-hydrogen) atoms. The van der Waals surface area contributed by atoms with Crippen LogP contribution >= 0.6 is 11.3 Å². The van der Waals surface area contributed by atoms with Gasteiger partial charge in [-0.25, -0.2) is 18.4 Å². The number of fused-ring (bicyclic) bond motifs is 2. The topological polar surface area (TPSA) is 88.9 Å². The van der Waals surface area contributed by atoms with Crippen molar-refractivity contribution < 1.29 is 18.4 Å². The summed E-state index contributed by atoms with van der Waals surface area (Å²) in [6.07, 6.45) is 2.23. The van der Waals surface area contributed by atoms with Crippen molar-refractivity contribution in [3.63, 3.8) is 0 Å². The van der Waals surface area contributed by atoms with Gasteiger partial charge in [-0.2, -0.15) is 5.10 Å². The predicted octanol–water partition coefficient (Wildman–Crippen LogP) is 4.46. The van der Waals surface area contributed by atoms with Crippen molar-refractivity contribution in [1.29, 1.82) is 0 Å². The molecule has 2 heterocycles. The van der Waals surface area contributed by atoms with E-state index < -0.39 is 17.5 Å². The van der Waals surface area contributed by atoms with Gasteiger partial charge in [0, 0.05) is 29.9 Å². The fourth-order valence-corrected chi connectivity index (χ4v) is 4.77. The number of amides is 2. The number of anilines is 2. The molecule has 1 aliphatic rings. The fourth-order valence-electron chi connectivity index (χ4n) is 3.87. The molecule has 0 aliphatic heterocycles. The quantitative estimate of drug-likeness (QED) is 0.478. The third-order valence-corrected chi connectivity index (χ3v) is 6.16. The first-order valence-corrected chi connectivity index (χ1v) is 10.8. The highest BCUT2D eigenvalue weighted by molar-refractivity contribution is 7.22. The highest BCUT2D eigenvalue weighted by Crippen LogP contribution is 2.31. The van der Waals surface area contributed by atoms with Crippen LogP contribution in [0.3, 0.4) is 0 Å². The summed E-state index contributed by atoms with van der Waals surface area (Å²) in [4.78, 5) is 28.7. The molecule has 0 radical (unpaired) electrons. The molecule has 2 aromatic heterocycles. The summed E-state index contributed by atoms with van der Waals surface area (Å²) in [5.41, 5.74) is 3.59. The van der Waals surface area contributed by atoms with Crippen LogP contribution in [-0.4, -0.2) is 26.6 Å². The smallest absolute Gasteiger partial charge is 0.278 e. The van der Waals surface area contributed by atoms with E-state index in [2.05, 4.69) is 20.7 Å². The Morgan fingerprint density at radius 1 is 1.06 bits per heavy atom. The predicted molar refractivity (Wildman–Crippen MR) is 117 cm³/mol. The number of halogens is 2. The molecular weight excluding hydrogens is 436 g/mol. The molecule has 0 atom stereocenters. The van der Waals surface area contributed by atoms with Crippen LogP contribution in [0.25, 0.3) is 15.9 Å². The van der Waals surface area contributed by atoms with Crippen molar-refractivity contribution in [2.45, 2.75) is 26.2 Å². The molecule has 0 unspecified atom stereocenters. The number of hydrogen-bond acceptors (Lipinski definition) is 5. The first-order chi connectivity index (χ1) is 15.4. The Morgan fingerprint density at radius 2 is 1.91 bits per heavy atom. The first kappa shape index (κ1) is 20.3. The van der Waals surface area contributed by atoms with Crippen molar-refractivity contribution in [3.8, 4) is 5.69 Å². The molecule has 1 aliphatic carbocycles. The van der Waals surface area contributed by atoms with Crippen LogP contribution in [0.15, 0.2) is 36.4 Å². The maximum Gasteiger partial charge on any atom is 0.278 e. The molecule has 4 aromatic rings. The second kappa shape index (κ2) is 7.79. The number of nitrogens with zero attached hydrogens (tertiary/aromatic N) is 3. The Hall–Kier alpha value is -3.66. The van der Waals surface area contributed by atoms with Crippen molar-refractivity contribution in [3.05, 3.63) is 65.0 Å². The number of nitrogens with one attached hydrogen (secondary N) is 2. The molecule has 0 saturated carbocycles. The molecule has 0 bridgehead atoms. The SMILES string of the molecule is CC(=O)Nc1ccc2nc(NC(=O)c3nn(-c4ccc(F)c(F)c4)c4c3CCC4)sc2c1. The summed E-state index contributed by atoms with van der Waals surface area (Å²) in [7, 11) is 0. The monoisotopic (exact) mass is 453 g/mol. The van der Waals surface area contributed by atoms with Crippen molar-refractivity contribution in [2.75, 3.05) is 10.6 Å². The van der Waals surface area contributed by atoms with Crippen LogP contribution in [0.4, 0.5) is 19.6 Å². The van der Waals surface area contributed by atoms with E-state index in [9.17, 15) is 18.4 Å². The zero-order valence-corrected chi connectivity index (χ0v) is 17.7. The summed E-state index contributed by atoms with van der Waals surface area (Å²) in [6.45, 7) is 1.43. The van der Waals surface area contributed by atoms with E-state index in [-0.39, 0.29) is 11.6 Å². The minimum Gasteiger partial charge on any atom is -0.326 e. The molecule has 7 nitrogen and oxygen atoms in total. The average molecular weight is 453 g/mol. The van der Waals surface area contributed by atoms with Crippen LogP contribution in [0.2, 0.25) is 0 Å². The number of thiazole rings is 1. The zero-order valence-electron chi connectivity index (χ0n) is 16.9. The van der Waals surface area contributed by atoms with Crippen LogP contribution < -0.4 is 10.6 Å². The van der Waals surface area contributed by atoms with Gasteiger partial charge in [0.2, 0.25) is 5.91 Å². The second-order valence-electron chi connectivity index (χ2n) is 7.47. The van der Waals surface area contributed by atoms with E-state index in [1.807, 2.05) is 0 Å². The van der Waals surface area contributed by atoms with Gasteiger partial charge in [0.05, 0.1) is 15.9 Å². The van der Waals surface area contributed by atoms with Gasteiger partial charge in [-0.05, 0) is 49.6 Å². The number of rotatable bonds is 4. The first-order valence-electron chi connectivity index (χ1n) is 9.95. The third kappa shape index (κ3) is 3.62. The van der Waals surface area contributed by atoms with Crippen molar-refractivity contribution >= 4 is 44.2 Å². The second-order valence-corrected chi connectivity index (χ2v) is 8.51. The van der Waals surface area contributed by atoms with E-state index in [0.29, 0.717) is 34.9 Å². The lowest BCUT2D eigenvalue weighted by atomic mass is 10.2. The van der Waals surface area contributed by atoms with Gasteiger partial charge in [-0.1, -0.05) is 11.3 Å². The van der Waals surface area contributed by atoms with Gasteiger partial charge >= 0.3 is 0 Å². The van der Waals surface area contributed by atoms with E-state index in [1.165, 1.54) is 29.0 Å². The molecule has 5 rings (SSSR count).